The van der Waals surface area contributed by atoms with Crippen LogP contribution in [0.25, 0.3) is 0 Å². The van der Waals surface area contributed by atoms with Gasteiger partial charge in [0.05, 0.1) is 12.6 Å². The van der Waals surface area contributed by atoms with E-state index in [9.17, 15) is 48.6 Å². The molecular formula is C35H65N9O10. The van der Waals surface area contributed by atoms with Gasteiger partial charge in [-0.3, -0.25) is 33.6 Å². The molecule has 19 heteroatoms. The zero-order valence-corrected chi connectivity index (χ0v) is 32.7. The maximum Gasteiger partial charge on any atom is 0.326 e. The number of hydrogen-bond acceptors (Lipinski definition) is 11. The molecule has 0 aliphatic carbocycles. The minimum Gasteiger partial charge on any atom is -0.480 e. The van der Waals surface area contributed by atoms with Gasteiger partial charge in [0.1, 0.15) is 36.3 Å². The topological polar surface area (TPSA) is 327 Å². The molecule has 0 heterocycles. The lowest BCUT2D eigenvalue weighted by molar-refractivity contribution is -0.143. The summed E-state index contributed by atoms with van der Waals surface area (Å²) in [5.41, 5.74) is 16.7. The van der Waals surface area contributed by atoms with E-state index in [1.165, 1.54) is 6.92 Å². The molecule has 310 valence electrons. The Morgan fingerprint density at radius 2 is 1.04 bits per heavy atom. The molecule has 19 nitrogen and oxygen atoms in total. The standard InChI is InChI=1S/C35H65N9O10/c1-8-18(4)26(38)32(50)42-24(17-45)31(49)40-22(13-11-12-16-36)30(48)44-27(19(5)9-2)33(51)39-21(7)29(47)43-28(20(6)10-3)34(52)41-23(35(53)54)14-15-25(37)46/h18-24,26-28,45H,8-17,36,38H2,1-7H3,(H2,37,46)(H,39,51)(H,40,49)(H,41,52)(H,42,50)(H,43,47)(H,44,48)(H,53,54)/t18-,19-,20-,21-,22-,23-,24-,26-,27-,28-/m0/s1. The van der Waals surface area contributed by atoms with Gasteiger partial charge in [0.25, 0.3) is 0 Å². The van der Waals surface area contributed by atoms with Crippen LogP contribution in [0.4, 0.5) is 0 Å². The van der Waals surface area contributed by atoms with Gasteiger partial charge in [0.15, 0.2) is 0 Å². The van der Waals surface area contributed by atoms with Gasteiger partial charge >= 0.3 is 5.97 Å². The van der Waals surface area contributed by atoms with Gasteiger partial charge in [-0.25, -0.2) is 4.79 Å². The van der Waals surface area contributed by atoms with Crippen LogP contribution in [0.5, 0.6) is 0 Å². The van der Waals surface area contributed by atoms with Crippen LogP contribution in [0.2, 0.25) is 0 Å². The molecule has 54 heavy (non-hydrogen) atoms. The molecule has 0 spiro atoms. The smallest absolute Gasteiger partial charge is 0.326 e. The number of carbonyl (C=O) groups is 8. The highest BCUT2D eigenvalue weighted by Crippen LogP contribution is 2.13. The number of aliphatic hydroxyl groups excluding tert-OH is 1. The first kappa shape index (κ1) is 49.6. The zero-order valence-electron chi connectivity index (χ0n) is 32.7. The van der Waals surface area contributed by atoms with Gasteiger partial charge in [-0.15, -0.1) is 0 Å². The van der Waals surface area contributed by atoms with Crippen molar-refractivity contribution < 1.29 is 48.6 Å². The Hall–Kier alpha value is -4.36. The summed E-state index contributed by atoms with van der Waals surface area (Å²) in [5.74, 6) is -7.76. The van der Waals surface area contributed by atoms with Crippen molar-refractivity contribution in [2.45, 2.75) is 142 Å². The van der Waals surface area contributed by atoms with Crippen molar-refractivity contribution in [3.63, 3.8) is 0 Å². The first-order chi connectivity index (χ1) is 25.3. The first-order valence-electron chi connectivity index (χ1n) is 18.7. The van der Waals surface area contributed by atoms with Crippen molar-refractivity contribution in [3.8, 4) is 0 Å². The molecule has 0 aliphatic heterocycles. The molecule has 0 bridgehead atoms. The number of carboxylic acids is 1. The lowest BCUT2D eigenvalue weighted by Crippen LogP contribution is -2.61. The third-order valence-electron chi connectivity index (χ3n) is 9.59. The number of hydrogen-bond donors (Lipinski definition) is 11. The van der Waals surface area contributed by atoms with Gasteiger partial charge in [0.2, 0.25) is 41.4 Å². The molecule has 0 fully saturated rings. The molecule has 10 atom stereocenters. The molecule has 0 saturated carbocycles. The van der Waals surface area contributed by atoms with E-state index in [4.69, 9.17) is 17.2 Å². The number of aliphatic hydroxyl groups is 1. The molecule has 7 amide bonds. The number of nitrogens with one attached hydrogen (secondary N) is 6. The van der Waals surface area contributed by atoms with Crippen molar-refractivity contribution in [3.05, 3.63) is 0 Å². The van der Waals surface area contributed by atoms with Crippen molar-refractivity contribution in [1.29, 1.82) is 0 Å². The molecule has 0 unspecified atom stereocenters. The summed E-state index contributed by atoms with van der Waals surface area (Å²) in [6.45, 7) is 11.5. The van der Waals surface area contributed by atoms with E-state index in [1.54, 1.807) is 34.6 Å². The lowest BCUT2D eigenvalue weighted by Gasteiger charge is -2.29. The maximum absolute atomic E-state index is 13.6. The highest BCUT2D eigenvalue weighted by atomic mass is 16.4. The summed E-state index contributed by atoms with van der Waals surface area (Å²) < 4.78 is 0. The molecule has 0 rings (SSSR count). The number of rotatable bonds is 27. The second-order valence-electron chi connectivity index (χ2n) is 13.9. The number of carbonyl (C=O) groups excluding carboxylic acids is 7. The van der Waals surface area contributed by atoms with Crippen LogP contribution in [-0.2, 0) is 38.4 Å². The summed E-state index contributed by atoms with van der Waals surface area (Å²) in [5, 5.41) is 34.5. The first-order valence-corrected chi connectivity index (χ1v) is 18.7. The highest BCUT2D eigenvalue weighted by Gasteiger charge is 2.35. The number of nitrogens with two attached hydrogens (primary N) is 3. The van der Waals surface area contributed by atoms with Crippen LogP contribution in [0.15, 0.2) is 0 Å². The molecule has 0 saturated heterocycles. The lowest BCUT2D eigenvalue weighted by atomic mass is 9.96. The summed E-state index contributed by atoms with van der Waals surface area (Å²) in [6.07, 6.45) is 1.96. The fourth-order valence-electron chi connectivity index (χ4n) is 5.12. The Morgan fingerprint density at radius 1 is 0.574 bits per heavy atom. The van der Waals surface area contributed by atoms with Crippen molar-refractivity contribution in [2.75, 3.05) is 13.2 Å². The summed E-state index contributed by atoms with van der Waals surface area (Å²) in [4.78, 5) is 102. The quantitative estimate of drug-likeness (QED) is 0.0399. The minimum absolute atomic E-state index is 0.116. The van der Waals surface area contributed by atoms with Crippen LogP contribution < -0.4 is 49.1 Å². The maximum atomic E-state index is 13.6. The van der Waals surface area contributed by atoms with Crippen molar-refractivity contribution >= 4 is 47.3 Å². The van der Waals surface area contributed by atoms with E-state index in [1.807, 2.05) is 6.92 Å². The second-order valence-corrected chi connectivity index (χ2v) is 13.9. The van der Waals surface area contributed by atoms with Gasteiger partial charge < -0.3 is 59.3 Å². The zero-order chi connectivity index (χ0) is 41.7. The predicted octanol–water partition coefficient (Wildman–Crippen LogP) is -2.15. The van der Waals surface area contributed by atoms with Gasteiger partial charge in [0, 0.05) is 6.42 Å². The van der Waals surface area contributed by atoms with E-state index in [0.717, 1.165) is 0 Å². The third-order valence-corrected chi connectivity index (χ3v) is 9.59. The second kappa shape index (κ2) is 25.6. The fraction of sp³-hybridized carbons (Fsp3) is 0.771. The van der Waals surface area contributed by atoms with E-state index in [-0.39, 0.29) is 25.2 Å². The monoisotopic (exact) mass is 771 g/mol. The summed E-state index contributed by atoms with van der Waals surface area (Å²) in [7, 11) is 0. The minimum atomic E-state index is -1.43. The largest absolute Gasteiger partial charge is 0.480 e. The number of aliphatic carboxylic acids is 1. The van der Waals surface area contributed by atoms with E-state index >= 15 is 0 Å². The van der Waals surface area contributed by atoms with Crippen LogP contribution in [0, 0.1) is 17.8 Å². The Kier molecular flexibility index (Phi) is 23.6. The van der Waals surface area contributed by atoms with E-state index in [0.29, 0.717) is 38.6 Å². The van der Waals surface area contributed by atoms with Crippen LogP contribution in [0.1, 0.15) is 99.8 Å². The Morgan fingerprint density at radius 3 is 1.50 bits per heavy atom. The molecule has 0 radical (unpaired) electrons. The molecule has 0 aliphatic rings. The van der Waals surface area contributed by atoms with Crippen molar-refractivity contribution in [2.24, 2.45) is 35.0 Å². The Labute approximate surface area is 317 Å². The van der Waals surface area contributed by atoms with Gasteiger partial charge in [-0.1, -0.05) is 60.8 Å². The van der Waals surface area contributed by atoms with Crippen LogP contribution >= 0.6 is 0 Å². The SMILES string of the molecule is CC[C@H](C)[C@H](N)C(=O)N[C@@H](CO)C(=O)N[C@@H](CCCCN)C(=O)N[C@H](C(=O)N[C@@H](C)C(=O)N[C@H](C(=O)N[C@@H](CCC(N)=O)C(=O)O)[C@@H](C)CC)[C@@H](C)CC. The average Bonchev–Trinajstić information content (AvgIpc) is 3.13. The Bertz CT molecular complexity index is 1270. The number of unbranched alkanes of at least 4 members (excludes halogenated alkanes) is 1. The highest BCUT2D eigenvalue weighted by molar-refractivity contribution is 5.97. The molecule has 0 aromatic heterocycles. The fourth-order valence-corrected chi connectivity index (χ4v) is 5.12. The van der Waals surface area contributed by atoms with E-state index < -0.39 is 108 Å². The number of primary amides is 1. The average molecular weight is 772 g/mol. The van der Waals surface area contributed by atoms with Crippen LogP contribution in [0.3, 0.4) is 0 Å². The number of carboxylic acid groups (broad SMARTS) is 1. The van der Waals surface area contributed by atoms with Crippen molar-refractivity contribution in [1.82, 2.24) is 31.9 Å². The van der Waals surface area contributed by atoms with Crippen LogP contribution in [-0.4, -0.2) is 113 Å². The predicted molar refractivity (Wildman–Crippen MR) is 200 cm³/mol. The normalized spacial score (nSPS) is 16.7. The van der Waals surface area contributed by atoms with Gasteiger partial charge in [-0.05, 0) is 56.9 Å². The molecule has 0 aromatic carbocycles. The number of amides is 7. The third kappa shape index (κ3) is 17.2. The molecule has 14 N–H and O–H groups in total. The summed E-state index contributed by atoms with van der Waals surface area (Å²) in [6, 6.07) is -8.55. The van der Waals surface area contributed by atoms with Gasteiger partial charge in [-0.2, -0.15) is 0 Å². The Balaban J connectivity index is 5.98. The summed E-state index contributed by atoms with van der Waals surface area (Å²) >= 11 is 0. The van der Waals surface area contributed by atoms with E-state index in [2.05, 4.69) is 31.9 Å². The molecule has 0 aromatic rings. The molecular weight excluding hydrogens is 706 g/mol.